The molecule has 2 amide bonds. The van der Waals surface area contributed by atoms with E-state index in [9.17, 15) is 18.0 Å². The van der Waals surface area contributed by atoms with Gasteiger partial charge in [0.2, 0.25) is 21.8 Å². The highest BCUT2D eigenvalue weighted by Crippen LogP contribution is 2.19. The Morgan fingerprint density at radius 1 is 1.08 bits per heavy atom. The molecule has 1 aromatic heterocycles. The highest BCUT2D eigenvalue weighted by atomic mass is 35.5. The van der Waals surface area contributed by atoms with E-state index in [0.717, 1.165) is 16.2 Å². The van der Waals surface area contributed by atoms with Crippen molar-refractivity contribution in [2.45, 2.75) is 15.5 Å². The number of amides is 2. The third kappa shape index (κ3) is 6.96. The van der Waals surface area contributed by atoms with Gasteiger partial charge < -0.3 is 0 Å². The first-order valence-electron chi connectivity index (χ1n) is 7.36. The molecule has 7 nitrogen and oxygen atoms in total. The Balaban J connectivity index is 1.63. The SMILES string of the molecule is O=C(CCNS(=O)(=O)c1cccs1)NNC(=O)CSc1ccc(Cl)cc1. The third-order valence-corrected chi connectivity index (χ3v) is 7.05. The van der Waals surface area contributed by atoms with E-state index in [1.807, 2.05) is 0 Å². The second-order valence-electron chi connectivity index (χ2n) is 4.92. The number of thioether (sulfide) groups is 1. The van der Waals surface area contributed by atoms with Crippen LogP contribution in [0.25, 0.3) is 0 Å². The Morgan fingerprint density at radius 2 is 1.77 bits per heavy atom. The molecular weight excluding hydrogens is 418 g/mol. The fourth-order valence-corrected chi connectivity index (χ4v) is 4.60. The highest BCUT2D eigenvalue weighted by molar-refractivity contribution is 8.00. The first-order valence-corrected chi connectivity index (χ1v) is 11.1. The lowest BCUT2D eigenvalue weighted by atomic mass is 10.4. The molecule has 11 heteroatoms. The van der Waals surface area contributed by atoms with Crippen LogP contribution in [0.2, 0.25) is 5.02 Å². The molecule has 0 saturated carbocycles. The van der Waals surface area contributed by atoms with Gasteiger partial charge in [-0.15, -0.1) is 23.1 Å². The van der Waals surface area contributed by atoms with Crippen molar-refractivity contribution in [3.63, 3.8) is 0 Å². The van der Waals surface area contributed by atoms with Gasteiger partial charge in [0.05, 0.1) is 5.75 Å². The standard InChI is InChI=1S/C15H16ClN3O4S3/c16-11-3-5-12(6-4-11)25-10-14(21)19-18-13(20)7-8-17-26(22,23)15-2-1-9-24-15/h1-6,9,17H,7-8,10H2,(H,18,20)(H,19,21). The normalized spacial score (nSPS) is 11.1. The van der Waals surface area contributed by atoms with Crippen molar-refractivity contribution in [2.24, 2.45) is 0 Å². The zero-order valence-corrected chi connectivity index (χ0v) is 16.6. The fourth-order valence-electron chi connectivity index (χ4n) is 1.70. The number of nitrogens with one attached hydrogen (secondary N) is 3. The molecule has 0 fully saturated rings. The van der Waals surface area contributed by atoms with Crippen molar-refractivity contribution >= 4 is 56.5 Å². The van der Waals surface area contributed by atoms with Crippen molar-refractivity contribution in [1.82, 2.24) is 15.6 Å². The largest absolute Gasteiger partial charge is 0.273 e. The predicted molar refractivity (Wildman–Crippen MR) is 103 cm³/mol. The molecule has 1 heterocycles. The molecule has 140 valence electrons. The molecule has 0 saturated heterocycles. The summed E-state index contributed by atoms with van der Waals surface area (Å²) in [5, 5.41) is 2.26. The molecule has 3 N–H and O–H groups in total. The molecular formula is C15H16ClN3O4S3. The number of benzene rings is 1. The van der Waals surface area contributed by atoms with Crippen molar-refractivity contribution in [3.8, 4) is 0 Å². The lowest BCUT2D eigenvalue weighted by Crippen LogP contribution is -2.43. The van der Waals surface area contributed by atoms with E-state index in [0.29, 0.717) is 5.02 Å². The Morgan fingerprint density at radius 3 is 2.42 bits per heavy atom. The van der Waals surface area contributed by atoms with Crippen LogP contribution < -0.4 is 15.6 Å². The summed E-state index contributed by atoms with van der Waals surface area (Å²) in [4.78, 5) is 24.2. The van der Waals surface area contributed by atoms with Crippen LogP contribution in [0.4, 0.5) is 0 Å². The van der Waals surface area contributed by atoms with Crippen LogP contribution in [-0.4, -0.2) is 32.5 Å². The van der Waals surface area contributed by atoms with Crippen LogP contribution in [0.5, 0.6) is 0 Å². The van der Waals surface area contributed by atoms with E-state index in [4.69, 9.17) is 11.6 Å². The van der Waals surface area contributed by atoms with Crippen LogP contribution >= 0.6 is 34.7 Å². The monoisotopic (exact) mass is 433 g/mol. The van der Waals surface area contributed by atoms with Gasteiger partial charge in [-0.05, 0) is 35.7 Å². The van der Waals surface area contributed by atoms with Crippen LogP contribution in [-0.2, 0) is 19.6 Å². The van der Waals surface area contributed by atoms with Gasteiger partial charge in [-0.25, -0.2) is 13.1 Å². The van der Waals surface area contributed by atoms with E-state index in [-0.39, 0.29) is 28.8 Å². The topological polar surface area (TPSA) is 104 Å². The molecule has 26 heavy (non-hydrogen) atoms. The Kier molecular flexibility index (Phi) is 7.91. The number of hydrogen-bond acceptors (Lipinski definition) is 6. The number of rotatable bonds is 8. The average Bonchev–Trinajstić information content (AvgIpc) is 3.15. The van der Waals surface area contributed by atoms with E-state index in [1.165, 1.54) is 17.8 Å². The summed E-state index contributed by atoms with van der Waals surface area (Å²) >= 11 is 8.17. The molecule has 0 unspecified atom stereocenters. The molecule has 2 rings (SSSR count). The van der Waals surface area contributed by atoms with E-state index in [2.05, 4.69) is 15.6 Å². The number of thiophene rings is 1. The summed E-state index contributed by atoms with van der Waals surface area (Å²) in [5.41, 5.74) is 4.52. The summed E-state index contributed by atoms with van der Waals surface area (Å²) < 4.78 is 26.2. The Bertz CT molecular complexity index is 840. The number of hydrazine groups is 1. The maximum Gasteiger partial charge on any atom is 0.250 e. The Labute approximate surface area is 164 Å². The van der Waals surface area contributed by atoms with Gasteiger partial charge in [0.1, 0.15) is 4.21 Å². The fraction of sp³-hybridized carbons (Fsp3) is 0.200. The predicted octanol–water partition coefficient (Wildman–Crippen LogP) is 2.01. The van der Waals surface area contributed by atoms with E-state index >= 15 is 0 Å². The van der Waals surface area contributed by atoms with Gasteiger partial charge in [-0.1, -0.05) is 17.7 Å². The molecule has 0 radical (unpaired) electrons. The summed E-state index contributed by atoms with van der Waals surface area (Å²) in [6, 6.07) is 10.1. The summed E-state index contributed by atoms with van der Waals surface area (Å²) in [6.45, 7) is -0.0680. The van der Waals surface area contributed by atoms with Gasteiger partial charge in [0.25, 0.3) is 0 Å². The first-order chi connectivity index (χ1) is 12.4. The minimum Gasteiger partial charge on any atom is -0.273 e. The zero-order chi connectivity index (χ0) is 19.0. The van der Waals surface area contributed by atoms with E-state index < -0.39 is 15.9 Å². The smallest absolute Gasteiger partial charge is 0.250 e. The molecule has 0 aliphatic heterocycles. The average molecular weight is 434 g/mol. The summed E-state index contributed by atoms with van der Waals surface area (Å²) in [7, 11) is -3.60. The van der Waals surface area contributed by atoms with Crippen LogP contribution in [0.1, 0.15) is 6.42 Å². The second kappa shape index (κ2) is 9.93. The number of carbonyl (C=O) groups is 2. The molecule has 0 atom stereocenters. The Hall–Kier alpha value is -1.59. The number of carbonyl (C=O) groups excluding carboxylic acids is 2. The summed E-state index contributed by atoms with van der Waals surface area (Å²) in [5.74, 6) is -0.756. The number of hydrogen-bond donors (Lipinski definition) is 3. The van der Waals surface area contributed by atoms with Crippen LogP contribution in [0, 0.1) is 0 Å². The first kappa shape index (κ1) is 20.7. The van der Waals surface area contributed by atoms with Crippen molar-refractivity contribution in [2.75, 3.05) is 12.3 Å². The second-order valence-corrected chi connectivity index (χ2v) is 9.35. The maximum absolute atomic E-state index is 11.9. The van der Waals surface area contributed by atoms with Gasteiger partial charge in [0, 0.05) is 22.9 Å². The van der Waals surface area contributed by atoms with Crippen LogP contribution in [0.3, 0.4) is 0 Å². The summed E-state index contributed by atoms with van der Waals surface area (Å²) in [6.07, 6.45) is -0.102. The van der Waals surface area contributed by atoms with E-state index in [1.54, 1.807) is 35.7 Å². The lowest BCUT2D eigenvalue weighted by molar-refractivity contribution is -0.127. The molecule has 0 aliphatic carbocycles. The zero-order valence-electron chi connectivity index (χ0n) is 13.4. The molecule has 2 aromatic rings. The number of sulfonamides is 1. The van der Waals surface area contributed by atoms with Gasteiger partial charge in [0.15, 0.2) is 0 Å². The third-order valence-electron chi connectivity index (χ3n) is 2.93. The van der Waals surface area contributed by atoms with Crippen molar-refractivity contribution in [3.05, 3.63) is 46.8 Å². The molecule has 0 bridgehead atoms. The molecule has 0 aliphatic rings. The molecule has 0 spiro atoms. The minimum absolute atomic E-state index is 0.0680. The van der Waals surface area contributed by atoms with Gasteiger partial charge in [-0.2, -0.15) is 0 Å². The van der Waals surface area contributed by atoms with Crippen molar-refractivity contribution < 1.29 is 18.0 Å². The minimum atomic E-state index is -3.60. The van der Waals surface area contributed by atoms with Gasteiger partial charge in [-0.3, -0.25) is 20.4 Å². The highest BCUT2D eigenvalue weighted by Gasteiger charge is 2.15. The number of halogens is 1. The van der Waals surface area contributed by atoms with Gasteiger partial charge >= 0.3 is 0 Å². The van der Waals surface area contributed by atoms with Crippen LogP contribution in [0.15, 0.2) is 50.9 Å². The quantitative estimate of drug-likeness (QED) is 0.436. The lowest BCUT2D eigenvalue weighted by Gasteiger charge is -2.08. The maximum atomic E-state index is 11.9. The van der Waals surface area contributed by atoms with Crippen molar-refractivity contribution in [1.29, 1.82) is 0 Å². The molecule has 1 aromatic carbocycles.